The van der Waals surface area contributed by atoms with Gasteiger partial charge in [-0.05, 0) is 31.2 Å². The smallest absolute Gasteiger partial charge is 0.231 e. The van der Waals surface area contributed by atoms with Crippen LogP contribution in [0.2, 0.25) is 0 Å². The van der Waals surface area contributed by atoms with E-state index in [9.17, 15) is 4.79 Å². The van der Waals surface area contributed by atoms with E-state index in [0.29, 0.717) is 6.54 Å². The molecule has 0 unspecified atom stereocenters. The van der Waals surface area contributed by atoms with Gasteiger partial charge >= 0.3 is 0 Å². The van der Waals surface area contributed by atoms with E-state index in [-0.39, 0.29) is 18.5 Å². The maximum Gasteiger partial charge on any atom is 0.231 e. The second-order valence-electron chi connectivity index (χ2n) is 6.69. The zero-order valence-corrected chi connectivity index (χ0v) is 14.1. The highest BCUT2D eigenvalue weighted by atomic mass is 16.1. The Kier molecular flexibility index (Phi) is 5.25. The van der Waals surface area contributed by atoms with Crippen LogP contribution in [-0.4, -0.2) is 32.3 Å². The van der Waals surface area contributed by atoms with Crippen molar-refractivity contribution in [3.05, 3.63) is 47.8 Å². The molecule has 6 nitrogen and oxygen atoms in total. The number of primary amides is 1. The van der Waals surface area contributed by atoms with Gasteiger partial charge in [0.2, 0.25) is 5.91 Å². The molecule has 1 aliphatic rings. The molecule has 1 aliphatic carbocycles. The summed E-state index contributed by atoms with van der Waals surface area (Å²) in [5.41, 5.74) is 7.46. The fraction of sp³-hybridized carbons (Fsp3) is 0.500. The number of benzene rings is 1. The number of hydrogen-bond acceptors (Lipinski definition) is 4. The summed E-state index contributed by atoms with van der Waals surface area (Å²) < 4.78 is 1.93. The van der Waals surface area contributed by atoms with E-state index in [0.717, 1.165) is 23.7 Å². The van der Waals surface area contributed by atoms with Crippen molar-refractivity contribution < 1.29 is 4.79 Å². The van der Waals surface area contributed by atoms with Crippen molar-refractivity contribution in [2.45, 2.75) is 45.3 Å². The van der Waals surface area contributed by atoms with Crippen LogP contribution in [0.25, 0.3) is 0 Å². The van der Waals surface area contributed by atoms with E-state index in [1.165, 1.54) is 19.3 Å². The van der Waals surface area contributed by atoms with E-state index in [1.54, 1.807) is 0 Å². The molecule has 1 atom stereocenters. The zero-order chi connectivity index (χ0) is 16.9. The zero-order valence-electron chi connectivity index (χ0n) is 14.1. The Morgan fingerprint density at radius 1 is 1.38 bits per heavy atom. The Morgan fingerprint density at radius 3 is 2.75 bits per heavy atom. The van der Waals surface area contributed by atoms with Gasteiger partial charge in [0.15, 0.2) is 0 Å². The number of amides is 1. The predicted octanol–water partition coefficient (Wildman–Crippen LogP) is 2.13. The van der Waals surface area contributed by atoms with E-state index in [4.69, 9.17) is 5.73 Å². The molecule has 1 heterocycles. The average Bonchev–Trinajstić information content (AvgIpc) is 2.97. The van der Waals surface area contributed by atoms with Gasteiger partial charge < -0.3 is 5.73 Å². The van der Waals surface area contributed by atoms with E-state index < -0.39 is 0 Å². The molecule has 24 heavy (non-hydrogen) atoms. The van der Waals surface area contributed by atoms with Crippen molar-refractivity contribution in [2.24, 2.45) is 11.7 Å². The predicted molar refractivity (Wildman–Crippen MR) is 91.8 cm³/mol. The van der Waals surface area contributed by atoms with Crippen molar-refractivity contribution >= 4 is 5.91 Å². The number of rotatable bonds is 8. The molecule has 1 amide bonds. The summed E-state index contributed by atoms with van der Waals surface area (Å²) in [7, 11) is 0. The molecule has 1 aromatic carbocycles. The minimum Gasteiger partial charge on any atom is -0.369 e. The van der Waals surface area contributed by atoms with Gasteiger partial charge in [0.1, 0.15) is 0 Å². The standard InChI is InChI=1S/C18H25N5O/c1-14(16-8-3-2-4-9-16)22(13-18(19)24)11-17-12-23(21-20-17)10-15-6-5-7-15/h2-4,8-9,12,14-15H,5-7,10-11,13H2,1H3,(H2,19,24)/t14-/m1/s1. The van der Waals surface area contributed by atoms with Crippen LogP contribution in [0.5, 0.6) is 0 Å². The summed E-state index contributed by atoms with van der Waals surface area (Å²) in [4.78, 5) is 13.5. The molecule has 1 aromatic heterocycles. The minimum atomic E-state index is -0.334. The first kappa shape index (κ1) is 16.6. The van der Waals surface area contributed by atoms with Crippen molar-refractivity contribution in [3.8, 4) is 0 Å². The molecule has 1 fully saturated rings. The lowest BCUT2D eigenvalue weighted by atomic mass is 9.85. The quantitative estimate of drug-likeness (QED) is 0.806. The van der Waals surface area contributed by atoms with Gasteiger partial charge in [0.25, 0.3) is 0 Å². The Hall–Kier alpha value is -2.21. The van der Waals surface area contributed by atoms with Gasteiger partial charge in [0, 0.05) is 25.3 Å². The SMILES string of the molecule is C[C@H](c1ccccc1)N(CC(N)=O)Cc1cn(CC2CCC2)nn1. The van der Waals surface area contributed by atoms with Crippen molar-refractivity contribution in [1.82, 2.24) is 19.9 Å². The second kappa shape index (κ2) is 7.57. The molecule has 2 N–H and O–H groups in total. The van der Waals surface area contributed by atoms with E-state index in [1.807, 2.05) is 34.0 Å². The van der Waals surface area contributed by atoms with Crippen LogP contribution in [0, 0.1) is 5.92 Å². The number of nitrogens with two attached hydrogens (primary N) is 1. The van der Waals surface area contributed by atoms with Gasteiger partial charge in [-0.2, -0.15) is 0 Å². The van der Waals surface area contributed by atoms with Crippen molar-refractivity contribution in [2.75, 3.05) is 6.54 Å². The van der Waals surface area contributed by atoms with Crippen molar-refractivity contribution in [1.29, 1.82) is 0 Å². The van der Waals surface area contributed by atoms with Crippen molar-refractivity contribution in [3.63, 3.8) is 0 Å². The number of aromatic nitrogens is 3. The molecular weight excluding hydrogens is 302 g/mol. The highest BCUT2D eigenvalue weighted by Crippen LogP contribution is 2.27. The molecule has 6 heteroatoms. The summed E-state index contributed by atoms with van der Waals surface area (Å²) >= 11 is 0. The fourth-order valence-corrected chi connectivity index (χ4v) is 3.12. The largest absolute Gasteiger partial charge is 0.369 e. The van der Waals surface area contributed by atoms with Gasteiger partial charge in [0.05, 0.1) is 12.2 Å². The maximum atomic E-state index is 11.5. The first-order valence-electron chi connectivity index (χ1n) is 8.58. The minimum absolute atomic E-state index is 0.0792. The van der Waals surface area contributed by atoms with Gasteiger partial charge in [-0.15, -0.1) is 5.10 Å². The third kappa shape index (κ3) is 4.20. The Labute approximate surface area is 142 Å². The Balaban J connectivity index is 1.68. The highest BCUT2D eigenvalue weighted by Gasteiger charge is 2.21. The number of carbonyl (C=O) groups is 1. The monoisotopic (exact) mass is 327 g/mol. The normalized spacial score (nSPS) is 16.1. The molecule has 0 radical (unpaired) electrons. The molecule has 0 spiro atoms. The molecule has 128 valence electrons. The van der Waals surface area contributed by atoms with Gasteiger partial charge in [-0.25, -0.2) is 0 Å². The first-order chi connectivity index (χ1) is 11.6. The lowest BCUT2D eigenvalue weighted by Crippen LogP contribution is -2.35. The van der Waals surface area contributed by atoms with Crippen LogP contribution in [0.4, 0.5) is 0 Å². The average molecular weight is 327 g/mol. The lowest BCUT2D eigenvalue weighted by molar-refractivity contribution is -0.119. The van der Waals surface area contributed by atoms with Crippen LogP contribution >= 0.6 is 0 Å². The number of carbonyl (C=O) groups excluding carboxylic acids is 1. The third-order valence-electron chi connectivity index (χ3n) is 4.81. The molecular formula is C18H25N5O. The fourth-order valence-electron chi connectivity index (χ4n) is 3.12. The summed E-state index contributed by atoms with van der Waals surface area (Å²) in [5.74, 6) is 0.407. The maximum absolute atomic E-state index is 11.5. The summed E-state index contributed by atoms with van der Waals surface area (Å²) in [6.45, 7) is 3.78. The molecule has 1 saturated carbocycles. The Morgan fingerprint density at radius 2 is 2.12 bits per heavy atom. The van der Waals surface area contributed by atoms with Gasteiger partial charge in [-0.1, -0.05) is 42.0 Å². The van der Waals surface area contributed by atoms with E-state index >= 15 is 0 Å². The topological polar surface area (TPSA) is 77.0 Å². The van der Waals surface area contributed by atoms with Gasteiger partial charge in [-0.3, -0.25) is 14.4 Å². The molecule has 2 aromatic rings. The molecule has 3 rings (SSSR count). The number of hydrogen-bond donors (Lipinski definition) is 1. The second-order valence-corrected chi connectivity index (χ2v) is 6.69. The van der Waals surface area contributed by atoms with Crippen LogP contribution < -0.4 is 5.73 Å². The number of nitrogens with zero attached hydrogens (tertiary/aromatic N) is 4. The Bertz CT molecular complexity index is 665. The summed E-state index contributed by atoms with van der Waals surface area (Å²) in [6.07, 6.45) is 5.89. The van der Waals surface area contributed by atoms with Crippen LogP contribution in [-0.2, 0) is 17.9 Å². The van der Waals surface area contributed by atoms with Crippen LogP contribution in [0.15, 0.2) is 36.5 Å². The third-order valence-corrected chi connectivity index (χ3v) is 4.81. The van der Waals surface area contributed by atoms with Crippen LogP contribution in [0.3, 0.4) is 0 Å². The first-order valence-corrected chi connectivity index (χ1v) is 8.58. The highest BCUT2D eigenvalue weighted by molar-refractivity contribution is 5.76. The molecule has 0 aliphatic heterocycles. The van der Waals surface area contributed by atoms with E-state index in [2.05, 4.69) is 29.4 Å². The summed E-state index contributed by atoms with van der Waals surface area (Å²) in [6, 6.07) is 10.2. The lowest BCUT2D eigenvalue weighted by Gasteiger charge is -2.27. The molecule has 0 saturated heterocycles. The van der Waals surface area contributed by atoms with Crippen LogP contribution in [0.1, 0.15) is 43.5 Å². The summed E-state index contributed by atoms with van der Waals surface area (Å²) in [5, 5.41) is 8.50. The molecule has 0 bridgehead atoms.